The summed E-state index contributed by atoms with van der Waals surface area (Å²) in [6.45, 7) is 10.8. The van der Waals surface area contributed by atoms with Crippen LogP contribution in [0.25, 0.3) is 0 Å². The van der Waals surface area contributed by atoms with Crippen LogP contribution < -0.4 is 20.1 Å². The molecule has 7 nitrogen and oxygen atoms in total. The van der Waals surface area contributed by atoms with Crippen molar-refractivity contribution in [3.63, 3.8) is 0 Å². The number of benzene rings is 2. The highest BCUT2D eigenvalue weighted by Gasteiger charge is 2.21. The van der Waals surface area contributed by atoms with Gasteiger partial charge in [-0.15, -0.1) is 24.0 Å². The van der Waals surface area contributed by atoms with Gasteiger partial charge in [-0.05, 0) is 29.8 Å². The van der Waals surface area contributed by atoms with Gasteiger partial charge in [0.15, 0.2) is 17.5 Å². The smallest absolute Gasteiger partial charge is 0.191 e. The molecule has 2 aromatic carbocycles. The summed E-state index contributed by atoms with van der Waals surface area (Å²) in [5.74, 6) is 2.36. The Kier molecular flexibility index (Phi) is 10.1. The number of nitrogens with one attached hydrogen (secondary N) is 2. The summed E-state index contributed by atoms with van der Waals surface area (Å²) in [6.07, 6.45) is -0.0578. The van der Waals surface area contributed by atoms with E-state index in [-0.39, 0.29) is 30.1 Å². The number of piperazine rings is 1. The van der Waals surface area contributed by atoms with Gasteiger partial charge >= 0.3 is 0 Å². The number of para-hydroxylation sites is 2. The molecule has 4 rings (SSSR count). The third-order valence-corrected chi connectivity index (χ3v) is 6.16. The van der Waals surface area contributed by atoms with Gasteiger partial charge in [0.2, 0.25) is 0 Å². The van der Waals surface area contributed by atoms with Crippen LogP contribution in [0.15, 0.2) is 53.5 Å². The van der Waals surface area contributed by atoms with E-state index in [1.165, 1.54) is 11.1 Å². The average Bonchev–Trinajstić information content (AvgIpc) is 2.85. The van der Waals surface area contributed by atoms with E-state index >= 15 is 0 Å². The Morgan fingerprint density at radius 1 is 0.939 bits per heavy atom. The fourth-order valence-electron chi connectivity index (χ4n) is 4.16. The third-order valence-electron chi connectivity index (χ3n) is 6.16. The van der Waals surface area contributed by atoms with E-state index in [9.17, 15) is 0 Å². The quantitative estimate of drug-likeness (QED) is 0.306. The van der Waals surface area contributed by atoms with Crippen LogP contribution in [0, 0.1) is 0 Å². The molecule has 8 heteroatoms. The summed E-state index contributed by atoms with van der Waals surface area (Å²) in [7, 11) is 1.79. The summed E-state index contributed by atoms with van der Waals surface area (Å²) < 4.78 is 11.8. The minimum absolute atomic E-state index is 0. The predicted octanol–water partition coefficient (Wildman–Crippen LogP) is 2.95. The van der Waals surface area contributed by atoms with Gasteiger partial charge < -0.3 is 25.0 Å². The van der Waals surface area contributed by atoms with E-state index in [4.69, 9.17) is 9.47 Å². The van der Waals surface area contributed by atoms with E-state index < -0.39 is 0 Å². The molecule has 2 aromatic rings. The molecule has 0 aliphatic carbocycles. The van der Waals surface area contributed by atoms with E-state index in [0.29, 0.717) is 13.2 Å². The Balaban J connectivity index is 0.00000306. The second kappa shape index (κ2) is 13.0. The molecule has 33 heavy (non-hydrogen) atoms. The zero-order chi connectivity index (χ0) is 22.2. The largest absolute Gasteiger partial charge is 0.486 e. The molecule has 1 atom stereocenters. The Morgan fingerprint density at radius 3 is 2.33 bits per heavy atom. The first-order chi connectivity index (χ1) is 15.7. The van der Waals surface area contributed by atoms with Crippen LogP contribution in [-0.2, 0) is 13.1 Å². The van der Waals surface area contributed by atoms with Crippen molar-refractivity contribution in [3.8, 4) is 11.5 Å². The minimum Gasteiger partial charge on any atom is -0.486 e. The van der Waals surface area contributed by atoms with Crippen molar-refractivity contribution in [2.45, 2.75) is 26.1 Å². The van der Waals surface area contributed by atoms with Gasteiger partial charge in [0, 0.05) is 46.3 Å². The van der Waals surface area contributed by atoms with Crippen molar-refractivity contribution in [2.24, 2.45) is 4.99 Å². The molecule has 1 unspecified atom stereocenters. The lowest BCUT2D eigenvalue weighted by Crippen LogP contribution is -2.46. The summed E-state index contributed by atoms with van der Waals surface area (Å²) in [4.78, 5) is 9.44. The lowest BCUT2D eigenvalue weighted by Gasteiger charge is -2.34. The van der Waals surface area contributed by atoms with Crippen molar-refractivity contribution < 1.29 is 9.47 Å². The average molecular weight is 566 g/mol. The minimum atomic E-state index is -0.0578. The molecule has 1 saturated heterocycles. The van der Waals surface area contributed by atoms with E-state index in [2.05, 4.69) is 56.6 Å². The fourth-order valence-corrected chi connectivity index (χ4v) is 4.16. The van der Waals surface area contributed by atoms with Gasteiger partial charge in [0.25, 0.3) is 0 Å². The highest BCUT2D eigenvalue weighted by molar-refractivity contribution is 14.0. The van der Waals surface area contributed by atoms with Crippen molar-refractivity contribution in [1.82, 2.24) is 20.4 Å². The highest BCUT2D eigenvalue weighted by Crippen LogP contribution is 2.30. The summed E-state index contributed by atoms with van der Waals surface area (Å²) >= 11 is 0. The highest BCUT2D eigenvalue weighted by atomic mass is 127. The molecule has 0 bridgehead atoms. The van der Waals surface area contributed by atoms with Crippen molar-refractivity contribution in [2.75, 3.05) is 52.9 Å². The first-order valence-electron chi connectivity index (χ1n) is 11.6. The number of fused-ring (bicyclic) bond motifs is 1. The van der Waals surface area contributed by atoms with Crippen LogP contribution in [0.1, 0.15) is 18.1 Å². The van der Waals surface area contributed by atoms with Crippen LogP contribution in [0.5, 0.6) is 11.5 Å². The Bertz CT molecular complexity index is 902. The number of halogens is 1. The van der Waals surface area contributed by atoms with Crippen LogP contribution in [0.2, 0.25) is 0 Å². The number of nitrogens with zero attached hydrogens (tertiary/aromatic N) is 3. The monoisotopic (exact) mass is 565 g/mol. The van der Waals surface area contributed by atoms with Gasteiger partial charge in [0.05, 0.1) is 6.54 Å². The van der Waals surface area contributed by atoms with Crippen molar-refractivity contribution >= 4 is 29.9 Å². The number of likely N-dealkylation sites (N-methyl/N-ethyl adjacent to an activating group) is 1. The first-order valence-corrected chi connectivity index (χ1v) is 11.6. The van der Waals surface area contributed by atoms with Gasteiger partial charge in [-0.25, -0.2) is 0 Å². The molecule has 0 radical (unpaired) electrons. The Morgan fingerprint density at radius 2 is 1.61 bits per heavy atom. The molecule has 1 fully saturated rings. The topological polar surface area (TPSA) is 61.4 Å². The number of hydrogen-bond acceptors (Lipinski definition) is 5. The Labute approximate surface area is 214 Å². The normalized spacial score (nSPS) is 19.0. The zero-order valence-electron chi connectivity index (χ0n) is 19.6. The van der Waals surface area contributed by atoms with Gasteiger partial charge in [0.1, 0.15) is 12.7 Å². The van der Waals surface area contributed by atoms with Crippen molar-refractivity contribution in [1.29, 1.82) is 0 Å². The molecule has 0 aromatic heterocycles. The zero-order valence-corrected chi connectivity index (χ0v) is 22.0. The molecule has 180 valence electrons. The number of guanidine groups is 1. The Hall–Kier alpha value is -2.04. The summed E-state index contributed by atoms with van der Waals surface area (Å²) in [6, 6.07) is 16.5. The summed E-state index contributed by atoms with van der Waals surface area (Å²) in [5.41, 5.74) is 2.68. The second-order valence-corrected chi connectivity index (χ2v) is 8.28. The molecular weight excluding hydrogens is 529 g/mol. The molecule has 2 aliphatic rings. The van der Waals surface area contributed by atoms with Crippen LogP contribution in [-0.4, -0.2) is 74.8 Å². The second-order valence-electron chi connectivity index (χ2n) is 8.28. The van der Waals surface area contributed by atoms with Gasteiger partial charge in [-0.1, -0.05) is 43.3 Å². The van der Waals surface area contributed by atoms with Crippen LogP contribution in [0.4, 0.5) is 0 Å². The van der Waals surface area contributed by atoms with Gasteiger partial charge in [-0.2, -0.15) is 0 Å². The van der Waals surface area contributed by atoms with E-state index in [1.807, 2.05) is 24.3 Å². The molecule has 2 aliphatic heterocycles. The molecule has 0 amide bonds. The molecule has 2 heterocycles. The van der Waals surface area contributed by atoms with Gasteiger partial charge in [-0.3, -0.25) is 9.89 Å². The number of hydrogen-bond donors (Lipinski definition) is 2. The lowest BCUT2D eigenvalue weighted by molar-refractivity contribution is 0.0936. The van der Waals surface area contributed by atoms with Crippen LogP contribution in [0.3, 0.4) is 0 Å². The molecule has 0 saturated carbocycles. The predicted molar refractivity (Wildman–Crippen MR) is 144 cm³/mol. The number of aliphatic imine (C=N–C) groups is 1. The third kappa shape index (κ3) is 7.22. The lowest BCUT2D eigenvalue weighted by atomic mass is 10.1. The SMILES string of the molecule is CCN1CCN(Cc2ccccc2CNC(=NC)NCC2COc3ccccc3O2)CC1.I. The van der Waals surface area contributed by atoms with Crippen molar-refractivity contribution in [3.05, 3.63) is 59.7 Å². The van der Waals surface area contributed by atoms with Crippen LogP contribution >= 0.6 is 24.0 Å². The maximum atomic E-state index is 6.03. The molecule has 2 N–H and O–H groups in total. The number of rotatable bonds is 7. The number of ether oxygens (including phenoxy) is 2. The summed E-state index contributed by atoms with van der Waals surface area (Å²) in [5, 5.41) is 6.82. The van der Waals surface area contributed by atoms with E-state index in [0.717, 1.165) is 63.3 Å². The maximum absolute atomic E-state index is 6.03. The van der Waals surface area contributed by atoms with E-state index in [1.54, 1.807) is 7.05 Å². The maximum Gasteiger partial charge on any atom is 0.191 e. The first kappa shape index (κ1) is 25.6. The fraction of sp³-hybridized carbons (Fsp3) is 0.480. The molecular formula is C25H36IN5O2. The molecule has 0 spiro atoms. The standard InChI is InChI=1S/C25H35N5O2.HI/c1-3-29-12-14-30(15-13-29)18-21-9-5-4-8-20(21)16-27-25(26-2)28-17-22-19-31-23-10-6-7-11-24(23)32-22;/h4-11,22H,3,12-19H2,1-2H3,(H2,26,27,28);1H.